The van der Waals surface area contributed by atoms with Gasteiger partial charge in [0.25, 0.3) is 10.0 Å². The first-order valence-electron chi connectivity index (χ1n) is 9.67. The molecule has 0 radical (unpaired) electrons. The molecule has 5 nitrogen and oxygen atoms in total. The van der Waals surface area contributed by atoms with Crippen LogP contribution >= 0.6 is 11.3 Å². The fourth-order valence-corrected chi connectivity index (χ4v) is 5.91. The molecule has 30 heavy (non-hydrogen) atoms. The van der Waals surface area contributed by atoms with Crippen LogP contribution in [0.1, 0.15) is 33.3 Å². The predicted molar refractivity (Wildman–Crippen MR) is 122 cm³/mol. The van der Waals surface area contributed by atoms with E-state index in [-0.39, 0.29) is 11.4 Å². The van der Waals surface area contributed by atoms with Gasteiger partial charge in [0.05, 0.1) is 12.2 Å². The van der Waals surface area contributed by atoms with Crippen molar-refractivity contribution in [2.75, 3.05) is 9.62 Å². The van der Waals surface area contributed by atoms with Gasteiger partial charge in [0, 0.05) is 11.9 Å². The second-order valence-electron chi connectivity index (χ2n) is 7.12. The van der Waals surface area contributed by atoms with Crippen LogP contribution < -0.4 is 9.62 Å². The fraction of sp³-hybridized carbons (Fsp3) is 0.174. The van der Waals surface area contributed by atoms with Crippen LogP contribution in [0.4, 0.5) is 11.4 Å². The van der Waals surface area contributed by atoms with E-state index in [0.29, 0.717) is 10.6 Å². The highest BCUT2D eigenvalue weighted by molar-refractivity contribution is 7.97. The van der Waals surface area contributed by atoms with Crippen molar-refractivity contribution in [3.63, 3.8) is 0 Å². The maximum atomic E-state index is 13.4. The van der Waals surface area contributed by atoms with Gasteiger partial charge in [-0.1, -0.05) is 55.0 Å². The standard InChI is InChI=1S/C23H22N2O3S2/c1-3-18-6-4-5-7-19(18)24-14-21-22(26)23-20(12-13-29-23)25(30(21,27)28)15-17-10-8-16(2)9-11-17/h4-14,24H,3,15H2,1-2H3. The van der Waals surface area contributed by atoms with Crippen LogP contribution in [0.15, 0.2) is 71.1 Å². The van der Waals surface area contributed by atoms with Crippen LogP contribution in [0.2, 0.25) is 0 Å². The van der Waals surface area contributed by atoms with Gasteiger partial charge in [0.1, 0.15) is 4.88 Å². The van der Waals surface area contributed by atoms with E-state index in [2.05, 4.69) is 5.32 Å². The van der Waals surface area contributed by atoms with Gasteiger partial charge in [-0.25, -0.2) is 8.42 Å². The number of nitrogens with one attached hydrogen (secondary N) is 1. The van der Waals surface area contributed by atoms with Crippen molar-refractivity contribution < 1.29 is 13.2 Å². The van der Waals surface area contributed by atoms with Crippen LogP contribution in [0.5, 0.6) is 0 Å². The van der Waals surface area contributed by atoms with E-state index in [1.807, 2.05) is 62.4 Å². The molecule has 1 aliphatic rings. The predicted octanol–water partition coefficient (Wildman–Crippen LogP) is 5.11. The smallest absolute Gasteiger partial charge is 0.270 e. The number of fused-ring (bicyclic) bond motifs is 1. The highest BCUT2D eigenvalue weighted by atomic mass is 32.2. The van der Waals surface area contributed by atoms with Crippen molar-refractivity contribution in [3.8, 4) is 0 Å². The van der Waals surface area contributed by atoms with Gasteiger partial charge in [-0.15, -0.1) is 11.3 Å². The van der Waals surface area contributed by atoms with Crippen molar-refractivity contribution in [1.82, 2.24) is 0 Å². The maximum absolute atomic E-state index is 13.4. The molecule has 0 unspecified atom stereocenters. The van der Waals surface area contributed by atoms with Crippen LogP contribution in [0.3, 0.4) is 0 Å². The number of ketones is 1. The molecule has 0 aliphatic carbocycles. The van der Waals surface area contributed by atoms with Gasteiger partial charge in [-0.2, -0.15) is 0 Å². The molecule has 0 saturated heterocycles. The van der Waals surface area contributed by atoms with Crippen molar-refractivity contribution in [1.29, 1.82) is 0 Å². The summed E-state index contributed by atoms with van der Waals surface area (Å²) in [7, 11) is -4.01. The van der Waals surface area contributed by atoms with E-state index >= 15 is 0 Å². The molecule has 7 heteroatoms. The van der Waals surface area contributed by atoms with Crippen molar-refractivity contribution in [3.05, 3.63) is 92.6 Å². The Balaban J connectivity index is 1.75. The molecular weight excluding hydrogens is 416 g/mol. The highest BCUT2D eigenvalue weighted by Gasteiger charge is 2.41. The average molecular weight is 439 g/mol. The van der Waals surface area contributed by atoms with E-state index in [1.54, 1.807) is 11.4 Å². The molecule has 0 bridgehead atoms. The Morgan fingerprint density at radius 2 is 1.80 bits per heavy atom. The maximum Gasteiger partial charge on any atom is 0.270 e. The van der Waals surface area contributed by atoms with Gasteiger partial charge in [-0.3, -0.25) is 9.10 Å². The number of aryl methyl sites for hydroxylation is 2. The third kappa shape index (κ3) is 3.66. The molecule has 2 aromatic carbocycles. The number of thiophene rings is 1. The molecule has 4 rings (SSSR count). The average Bonchev–Trinajstić information content (AvgIpc) is 3.22. The molecule has 1 aliphatic heterocycles. The number of anilines is 2. The molecule has 0 fully saturated rings. The van der Waals surface area contributed by atoms with Crippen LogP contribution in [-0.2, 0) is 23.0 Å². The Kier molecular flexibility index (Phi) is 5.49. The summed E-state index contributed by atoms with van der Waals surface area (Å²) < 4.78 is 28.2. The van der Waals surface area contributed by atoms with Gasteiger partial charge < -0.3 is 5.32 Å². The minimum absolute atomic E-state index is 0.169. The van der Waals surface area contributed by atoms with Crippen molar-refractivity contribution in [2.45, 2.75) is 26.8 Å². The molecule has 0 atom stereocenters. The zero-order valence-electron chi connectivity index (χ0n) is 16.8. The minimum atomic E-state index is -4.01. The van der Waals surface area contributed by atoms with E-state index in [1.165, 1.54) is 21.8 Å². The number of hydrogen-bond donors (Lipinski definition) is 1. The minimum Gasteiger partial charge on any atom is -0.360 e. The molecular formula is C23H22N2O3S2. The van der Waals surface area contributed by atoms with Crippen LogP contribution in [-0.4, -0.2) is 14.2 Å². The molecule has 1 N–H and O–H groups in total. The van der Waals surface area contributed by atoms with Crippen LogP contribution in [0, 0.1) is 6.92 Å². The lowest BCUT2D eigenvalue weighted by Gasteiger charge is -2.29. The van der Waals surface area contributed by atoms with Crippen molar-refractivity contribution >= 4 is 38.5 Å². The molecule has 0 amide bonds. The van der Waals surface area contributed by atoms with Gasteiger partial charge in [-0.05, 0) is 42.0 Å². The Bertz CT molecular complexity index is 1230. The first-order valence-corrected chi connectivity index (χ1v) is 12.0. The summed E-state index contributed by atoms with van der Waals surface area (Å²) in [6.45, 7) is 4.18. The highest BCUT2D eigenvalue weighted by Crippen LogP contribution is 2.39. The first kappa shape index (κ1) is 20.4. The number of rotatable bonds is 5. The number of hydrogen-bond acceptors (Lipinski definition) is 5. The molecule has 0 spiro atoms. The monoisotopic (exact) mass is 438 g/mol. The Labute approximate surface area is 180 Å². The first-order chi connectivity index (χ1) is 14.4. The number of carbonyl (C=O) groups excluding carboxylic acids is 1. The summed E-state index contributed by atoms with van der Waals surface area (Å²) in [4.78, 5) is 13.2. The summed E-state index contributed by atoms with van der Waals surface area (Å²) in [6, 6.07) is 17.1. The normalized spacial score (nSPS) is 16.5. The lowest BCUT2D eigenvalue weighted by molar-refractivity contribution is 0.104. The summed E-state index contributed by atoms with van der Waals surface area (Å²) in [5.74, 6) is -0.471. The van der Waals surface area contributed by atoms with E-state index in [9.17, 15) is 13.2 Å². The van der Waals surface area contributed by atoms with Gasteiger partial charge in [0.15, 0.2) is 4.91 Å². The number of benzene rings is 2. The Morgan fingerprint density at radius 3 is 2.53 bits per heavy atom. The SMILES string of the molecule is CCc1ccccc1NC=C1C(=O)c2sccc2N(Cc2ccc(C)cc2)S1(=O)=O. The third-order valence-corrected chi connectivity index (χ3v) is 7.78. The number of sulfonamides is 1. The topological polar surface area (TPSA) is 66.5 Å². The summed E-state index contributed by atoms with van der Waals surface area (Å²) in [6.07, 6.45) is 2.12. The molecule has 2 heterocycles. The lowest BCUT2D eigenvalue weighted by Crippen LogP contribution is -2.38. The second-order valence-corrected chi connectivity index (χ2v) is 9.87. The zero-order valence-corrected chi connectivity index (χ0v) is 18.4. The molecule has 154 valence electrons. The van der Waals surface area contributed by atoms with Crippen LogP contribution in [0.25, 0.3) is 0 Å². The largest absolute Gasteiger partial charge is 0.360 e. The number of nitrogens with zero attached hydrogens (tertiary/aromatic N) is 1. The lowest BCUT2D eigenvalue weighted by atomic mass is 10.1. The van der Waals surface area contributed by atoms with E-state index in [0.717, 1.165) is 28.8 Å². The molecule has 0 saturated carbocycles. The summed E-state index contributed by atoms with van der Waals surface area (Å²) >= 11 is 1.26. The van der Waals surface area contributed by atoms with Crippen molar-refractivity contribution in [2.24, 2.45) is 0 Å². The molecule has 3 aromatic rings. The Hall–Kier alpha value is -2.90. The van der Waals surface area contributed by atoms with E-state index in [4.69, 9.17) is 0 Å². The number of para-hydroxylation sites is 1. The third-order valence-electron chi connectivity index (χ3n) is 5.12. The summed E-state index contributed by atoms with van der Waals surface area (Å²) in [5, 5.41) is 4.80. The van der Waals surface area contributed by atoms with Gasteiger partial charge in [0.2, 0.25) is 5.78 Å². The number of Topliss-reactive ketones (excluding diaryl/α,β-unsaturated/α-hetero) is 1. The zero-order chi connectivity index (χ0) is 21.3. The molecule has 1 aromatic heterocycles. The summed E-state index contributed by atoms with van der Waals surface area (Å²) in [5.41, 5.74) is 4.24. The number of carbonyl (C=O) groups is 1. The quantitative estimate of drug-likeness (QED) is 0.563. The Morgan fingerprint density at radius 1 is 1.07 bits per heavy atom. The second kappa shape index (κ2) is 8.08. The van der Waals surface area contributed by atoms with E-state index < -0.39 is 15.8 Å². The fourth-order valence-electron chi connectivity index (χ4n) is 3.43. The van der Waals surface area contributed by atoms with Gasteiger partial charge >= 0.3 is 0 Å². The number of allylic oxidation sites excluding steroid dienone is 1.